The molecule has 5 rings (SSSR count). The molecule has 0 radical (unpaired) electrons. The lowest BCUT2D eigenvalue weighted by Crippen LogP contribution is -2.03. The fraction of sp³-hybridized carbons (Fsp3) is 0.172. The van der Waals surface area contributed by atoms with Crippen molar-refractivity contribution in [3.05, 3.63) is 88.1 Å². The molecule has 0 spiro atoms. The maximum atomic E-state index is 6.25. The van der Waals surface area contributed by atoms with Gasteiger partial charge in [0.1, 0.15) is 22.8 Å². The van der Waals surface area contributed by atoms with Gasteiger partial charge in [0.25, 0.3) is 0 Å². The van der Waals surface area contributed by atoms with Crippen LogP contribution in [0.1, 0.15) is 16.0 Å². The summed E-state index contributed by atoms with van der Waals surface area (Å²) in [7, 11) is 3.31. The van der Waals surface area contributed by atoms with Gasteiger partial charge < -0.3 is 13.9 Å². The molecule has 6 heteroatoms. The Kier molecular flexibility index (Phi) is 6.14. The van der Waals surface area contributed by atoms with E-state index in [1.165, 1.54) is 11.1 Å². The number of ether oxygens (including phenoxy) is 2. The number of fused-ring (bicyclic) bond motifs is 1. The van der Waals surface area contributed by atoms with Crippen molar-refractivity contribution in [2.24, 2.45) is 4.99 Å². The van der Waals surface area contributed by atoms with E-state index in [-0.39, 0.29) is 0 Å². The Balaban J connectivity index is 1.68. The van der Waals surface area contributed by atoms with Crippen molar-refractivity contribution < 1.29 is 13.9 Å². The standard InChI is InChI=1S/C29H26N2O3S/c1-17-6-7-21(14-18(17)2)28-19(3)35-29(31-28)30-25-16-27(20-8-10-22(32-4)11-9-20)34-26-13-12-23(33-5)15-24(25)26/h6-16H,1-5H3. The largest absolute Gasteiger partial charge is 0.497 e. The van der Waals surface area contributed by atoms with Crippen LogP contribution in [-0.4, -0.2) is 19.2 Å². The molecule has 0 aliphatic carbocycles. The summed E-state index contributed by atoms with van der Waals surface area (Å²) in [5.74, 6) is 2.25. The fourth-order valence-electron chi connectivity index (χ4n) is 3.95. The van der Waals surface area contributed by atoms with Crippen molar-refractivity contribution >= 4 is 27.4 Å². The van der Waals surface area contributed by atoms with E-state index >= 15 is 0 Å². The van der Waals surface area contributed by atoms with E-state index in [1.54, 1.807) is 25.6 Å². The third-order valence-corrected chi connectivity index (χ3v) is 6.97. The summed E-state index contributed by atoms with van der Waals surface area (Å²) in [5.41, 5.74) is 6.25. The van der Waals surface area contributed by atoms with Crippen LogP contribution >= 0.6 is 11.3 Å². The molecule has 0 amide bonds. The van der Waals surface area contributed by atoms with Crippen molar-refractivity contribution in [1.82, 2.24) is 4.98 Å². The molecule has 0 bridgehead atoms. The van der Waals surface area contributed by atoms with E-state index in [1.807, 2.05) is 48.5 Å². The molecule has 0 aliphatic rings. The summed E-state index contributed by atoms with van der Waals surface area (Å²) in [6.45, 7) is 6.33. The first kappa shape index (κ1) is 22.9. The van der Waals surface area contributed by atoms with Crippen LogP contribution in [0.2, 0.25) is 0 Å². The number of hydrogen-bond acceptors (Lipinski definition) is 6. The highest BCUT2D eigenvalue weighted by Gasteiger charge is 2.12. The van der Waals surface area contributed by atoms with Gasteiger partial charge in [0, 0.05) is 27.5 Å². The summed E-state index contributed by atoms with van der Waals surface area (Å²) in [6.07, 6.45) is 0. The summed E-state index contributed by atoms with van der Waals surface area (Å²) < 4.78 is 17.0. The minimum Gasteiger partial charge on any atom is -0.497 e. The highest BCUT2D eigenvalue weighted by atomic mass is 32.1. The Labute approximate surface area is 208 Å². The van der Waals surface area contributed by atoms with Crippen LogP contribution in [-0.2, 0) is 0 Å². The van der Waals surface area contributed by atoms with Crippen molar-refractivity contribution in [1.29, 1.82) is 0 Å². The third-order valence-electron chi connectivity index (χ3n) is 6.11. The Morgan fingerprint density at radius 3 is 2.20 bits per heavy atom. The topological polar surface area (TPSA) is 56.9 Å². The van der Waals surface area contributed by atoms with Crippen molar-refractivity contribution in [2.45, 2.75) is 20.8 Å². The van der Waals surface area contributed by atoms with Crippen molar-refractivity contribution in [2.75, 3.05) is 14.2 Å². The number of rotatable bonds is 5. The number of aromatic nitrogens is 1. The van der Waals surface area contributed by atoms with Crippen LogP contribution in [0.15, 0.2) is 76.1 Å². The first-order valence-corrected chi connectivity index (χ1v) is 12.1. The summed E-state index contributed by atoms with van der Waals surface area (Å²) >= 11 is 1.58. The molecule has 0 atom stereocenters. The van der Waals surface area contributed by atoms with E-state index in [2.05, 4.69) is 39.0 Å². The molecule has 0 unspecified atom stereocenters. The number of hydrogen-bond donors (Lipinski definition) is 0. The molecule has 2 heterocycles. The average Bonchev–Trinajstić information content (AvgIpc) is 3.25. The van der Waals surface area contributed by atoms with E-state index in [0.29, 0.717) is 10.9 Å². The van der Waals surface area contributed by atoms with Gasteiger partial charge >= 0.3 is 0 Å². The number of nitrogens with zero attached hydrogens (tertiary/aromatic N) is 2. The first-order valence-electron chi connectivity index (χ1n) is 11.3. The molecule has 5 aromatic rings. The second-order valence-corrected chi connectivity index (χ2v) is 9.58. The van der Waals surface area contributed by atoms with E-state index in [0.717, 1.165) is 49.5 Å². The smallest absolute Gasteiger partial charge is 0.210 e. The molecule has 176 valence electrons. The van der Waals surface area contributed by atoms with Crippen LogP contribution in [0.3, 0.4) is 0 Å². The molecular formula is C29H26N2O3S. The van der Waals surface area contributed by atoms with Gasteiger partial charge in [-0.1, -0.05) is 23.5 Å². The molecule has 0 aliphatic heterocycles. The van der Waals surface area contributed by atoms with Gasteiger partial charge in [-0.25, -0.2) is 9.98 Å². The normalized spacial score (nSPS) is 11.7. The first-order chi connectivity index (χ1) is 16.9. The molecule has 0 N–H and O–H groups in total. The molecule has 3 aromatic carbocycles. The molecule has 35 heavy (non-hydrogen) atoms. The minimum atomic E-state index is 0.701. The van der Waals surface area contributed by atoms with E-state index < -0.39 is 0 Å². The number of aryl methyl sites for hydroxylation is 3. The SMILES string of the molecule is COc1ccc(-c2cc(=Nc3nc(-c4ccc(C)c(C)c4)c(C)s3)c3cc(OC)ccc3o2)cc1. The number of methoxy groups -OCH3 is 2. The molecular weight excluding hydrogens is 456 g/mol. The highest BCUT2D eigenvalue weighted by Crippen LogP contribution is 2.33. The van der Waals surface area contributed by atoms with Gasteiger partial charge in [0.15, 0.2) is 0 Å². The molecule has 0 saturated heterocycles. The molecule has 0 fully saturated rings. The van der Waals surface area contributed by atoms with E-state index in [9.17, 15) is 0 Å². The van der Waals surface area contributed by atoms with Crippen LogP contribution in [0.25, 0.3) is 33.6 Å². The van der Waals surface area contributed by atoms with Crippen LogP contribution in [0.4, 0.5) is 5.13 Å². The fourth-order valence-corrected chi connectivity index (χ4v) is 4.77. The quantitative estimate of drug-likeness (QED) is 0.262. The third kappa shape index (κ3) is 4.57. The van der Waals surface area contributed by atoms with Gasteiger partial charge in [-0.05, 0) is 80.4 Å². The van der Waals surface area contributed by atoms with Gasteiger partial charge in [0.2, 0.25) is 5.13 Å². The minimum absolute atomic E-state index is 0.701. The van der Waals surface area contributed by atoms with Crippen LogP contribution < -0.4 is 14.8 Å². The van der Waals surface area contributed by atoms with E-state index in [4.69, 9.17) is 23.9 Å². The van der Waals surface area contributed by atoms with Crippen molar-refractivity contribution in [3.8, 4) is 34.1 Å². The predicted molar refractivity (Wildman–Crippen MR) is 142 cm³/mol. The monoisotopic (exact) mass is 482 g/mol. The summed E-state index contributed by atoms with van der Waals surface area (Å²) in [4.78, 5) is 11.0. The lowest BCUT2D eigenvalue weighted by Gasteiger charge is -2.07. The van der Waals surface area contributed by atoms with Crippen molar-refractivity contribution in [3.63, 3.8) is 0 Å². The second kappa shape index (κ2) is 9.39. The Morgan fingerprint density at radius 1 is 0.771 bits per heavy atom. The Bertz CT molecular complexity index is 1600. The Hall–Kier alpha value is -3.90. The van der Waals surface area contributed by atoms with Crippen LogP contribution in [0, 0.1) is 20.8 Å². The maximum Gasteiger partial charge on any atom is 0.210 e. The maximum absolute atomic E-state index is 6.25. The zero-order valence-corrected chi connectivity index (χ0v) is 21.2. The number of benzene rings is 3. The van der Waals surface area contributed by atoms with Gasteiger partial charge in [-0.2, -0.15) is 0 Å². The Morgan fingerprint density at radius 2 is 1.49 bits per heavy atom. The number of thiazole rings is 1. The average molecular weight is 483 g/mol. The van der Waals surface area contributed by atoms with Crippen LogP contribution in [0.5, 0.6) is 11.5 Å². The molecule has 5 nitrogen and oxygen atoms in total. The zero-order chi connectivity index (χ0) is 24.5. The molecule has 0 saturated carbocycles. The lowest BCUT2D eigenvalue weighted by molar-refractivity contribution is 0.414. The molecule has 2 aromatic heterocycles. The highest BCUT2D eigenvalue weighted by molar-refractivity contribution is 7.15. The zero-order valence-electron chi connectivity index (χ0n) is 20.4. The van der Waals surface area contributed by atoms with Gasteiger partial charge in [-0.15, -0.1) is 0 Å². The lowest BCUT2D eigenvalue weighted by atomic mass is 10.0. The second-order valence-electron chi connectivity index (χ2n) is 8.40. The van der Waals surface area contributed by atoms with Gasteiger partial charge in [-0.3, -0.25) is 0 Å². The summed E-state index contributed by atoms with van der Waals surface area (Å²) in [6, 6.07) is 21.9. The van der Waals surface area contributed by atoms with Gasteiger partial charge in [0.05, 0.1) is 25.3 Å². The predicted octanol–water partition coefficient (Wildman–Crippen LogP) is 7.40. The summed E-state index contributed by atoms with van der Waals surface area (Å²) in [5, 5.41) is 2.34.